The van der Waals surface area contributed by atoms with E-state index < -0.39 is 0 Å². The smallest absolute Gasteiger partial charge is 0.306 e. The Bertz CT molecular complexity index is 707. The number of nitrogens with one attached hydrogen (secondary N) is 1. The van der Waals surface area contributed by atoms with Crippen molar-refractivity contribution >= 4 is 17.1 Å². The molecule has 6 nitrogen and oxygen atoms in total. The second-order valence-electron chi connectivity index (χ2n) is 4.59. The lowest BCUT2D eigenvalue weighted by Gasteiger charge is -2.03. The number of ether oxygens (including phenoxy) is 1. The van der Waals surface area contributed by atoms with Crippen LogP contribution >= 0.6 is 0 Å². The van der Waals surface area contributed by atoms with Crippen molar-refractivity contribution in [3.05, 3.63) is 54.2 Å². The lowest BCUT2D eigenvalue weighted by Crippen LogP contribution is -2.06. The second-order valence-corrected chi connectivity index (χ2v) is 4.59. The number of hydrogen-bond acceptors (Lipinski definition) is 5. The molecule has 0 saturated heterocycles. The van der Waals surface area contributed by atoms with E-state index in [9.17, 15) is 4.79 Å². The van der Waals surface area contributed by atoms with E-state index in [1.165, 1.54) is 6.33 Å². The lowest BCUT2D eigenvalue weighted by atomic mass is 10.2. The molecular formula is C15H14N4O2. The summed E-state index contributed by atoms with van der Waals surface area (Å²) in [6, 6.07) is 9.60. The molecule has 21 heavy (non-hydrogen) atoms. The van der Waals surface area contributed by atoms with Crippen molar-refractivity contribution in [1.29, 1.82) is 0 Å². The number of carbonyl (C=O) groups is 1. The molecule has 1 N–H and O–H groups in total. The molecule has 0 spiro atoms. The molecule has 106 valence electrons. The maximum Gasteiger partial charge on any atom is 0.306 e. The van der Waals surface area contributed by atoms with Crippen molar-refractivity contribution in [3.8, 4) is 0 Å². The first-order chi connectivity index (χ1) is 10.3. The number of esters is 1. The van der Waals surface area contributed by atoms with Crippen LogP contribution < -0.4 is 0 Å². The van der Waals surface area contributed by atoms with Gasteiger partial charge in [-0.3, -0.25) is 4.79 Å². The van der Waals surface area contributed by atoms with Gasteiger partial charge in [0, 0.05) is 6.42 Å². The highest BCUT2D eigenvalue weighted by molar-refractivity contribution is 5.71. The number of hydrogen-bond donors (Lipinski definition) is 1. The highest BCUT2D eigenvalue weighted by Gasteiger charge is 2.08. The highest BCUT2D eigenvalue weighted by atomic mass is 16.5. The predicted octanol–water partition coefficient (Wildman–Crippen LogP) is 2.03. The van der Waals surface area contributed by atoms with Gasteiger partial charge in [-0.1, -0.05) is 30.3 Å². The molecule has 0 saturated carbocycles. The fourth-order valence-electron chi connectivity index (χ4n) is 1.96. The van der Waals surface area contributed by atoms with Crippen molar-refractivity contribution in [2.24, 2.45) is 0 Å². The second kappa shape index (κ2) is 6.13. The predicted molar refractivity (Wildman–Crippen MR) is 76.2 cm³/mol. The Morgan fingerprint density at radius 1 is 1.24 bits per heavy atom. The molecule has 6 heteroatoms. The van der Waals surface area contributed by atoms with Crippen LogP contribution in [0.2, 0.25) is 0 Å². The van der Waals surface area contributed by atoms with Crippen LogP contribution in [0, 0.1) is 0 Å². The van der Waals surface area contributed by atoms with E-state index >= 15 is 0 Å². The minimum atomic E-state index is -0.245. The number of aryl methyl sites for hydroxylation is 1. The Balaban J connectivity index is 1.51. The zero-order valence-electron chi connectivity index (χ0n) is 11.3. The number of rotatable bonds is 5. The third-order valence-corrected chi connectivity index (χ3v) is 3.02. The molecule has 2 heterocycles. The number of H-pyrrole nitrogens is 1. The maximum absolute atomic E-state index is 11.7. The van der Waals surface area contributed by atoms with Gasteiger partial charge < -0.3 is 9.72 Å². The van der Waals surface area contributed by atoms with Crippen molar-refractivity contribution < 1.29 is 9.53 Å². The van der Waals surface area contributed by atoms with E-state index in [-0.39, 0.29) is 12.4 Å². The van der Waals surface area contributed by atoms with E-state index in [1.807, 2.05) is 30.3 Å². The fraction of sp³-hybridized carbons (Fsp3) is 0.200. The highest BCUT2D eigenvalue weighted by Crippen LogP contribution is 2.08. The minimum Gasteiger partial charge on any atom is -0.461 e. The van der Waals surface area contributed by atoms with Crippen LogP contribution in [0.1, 0.15) is 17.8 Å². The number of imidazole rings is 1. The Hall–Kier alpha value is -2.76. The van der Waals surface area contributed by atoms with Gasteiger partial charge in [-0.25, -0.2) is 15.0 Å². The summed E-state index contributed by atoms with van der Waals surface area (Å²) < 4.78 is 5.22. The first-order valence-electron chi connectivity index (χ1n) is 6.65. The van der Waals surface area contributed by atoms with E-state index in [2.05, 4.69) is 19.9 Å². The number of fused-ring (bicyclic) bond motifs is 1. The number of benzene rings is 1. The summed E-state index contributed by atoms with van der Waals surface area (Å²) in [5, 5.41) is 0. The van der Waals surface area contributed by atoms with Crippen LogP contribution in [0.4, 0.5) is 0 Å². The van der Waals surface area contributed by atoms with Gasteiger partial charge in [-0.2, -0.15) is 0 Å². The van der Waals surface area contributed by atoms with Crippen LogP contribution in [0.5, 0.6) is 0 Å². The van der Waals surface area contributed by atoms with E-state index in [0.717, 1.165) is 11.1 Å². The first kappa shape index (κ1) is 13.2. The summed E-state index contributed by atoms with van der Waals surface area (Å²) in [4.78, 5) is 27.0. The molecule has 0 unspecified atom stereocenters. The Kier molecular flexibility index (Phi) is 3.86. The lowest BCUT2D eigenvalue weighted by molar-refractivity contribution is -0.144. The average Bonchev–Trinajstić information content (AvgIpc) is 2.95. The van der Waals surface area contributed by atoms with Gasteiger partial charge in [0.25, 0.3) is 0 Å². The molecular weight excluding hydrogens is 268 g/mol. The van der Waals surface area contributed by atoms with E-state index in [4.69, 9.17) is 4.74 Å². The third kappa shape index (κ3) is 3.42. The minimum absolute atomic E-state index is 0.245. The first-order valence-corrected chi connectivity index (χ1v) is 6.65. The van der Waals surface area contributed by atoms with Gasteiger partial charge in [0.05, 0.1) is 12.6 Å². The Labute approximate surface area is 121 Å². The molecule has 0 aliphatic heterocycles. The zero-order valence-corrected chi connectivity index (χ0v) is 11.3. The van der Waals surface area contributed by atoms with Gasteiger partial charge >= 0.3 is 5.97 Å². The van der Waals surface area contributed by atoms with Crippen molar-refractivity contribution in [2.45, 2.75) is 19.4 Å². The van der Waals surface area contributed by atoms with Gasteiger partial charge in [-0.05, 0) is 5.56 Å². The van der Waals surface area contributed by atoms with Crippen molar-refractivity contribution in [1.82, 2.24) is 19.9 Å². The summed E-state index contributed by atoms with van der Waals surface area (Å²) in [6.07, 6.45) is 3.87. The third-order valence-electron chi connectivity index (χ3n) is 3.02. The van der Waals surface area contributed by atoms with Crippen LogP contribution in [-0.4, -0.2) is 25.9 Å². The monoisotopic (exact) mass is 282 g/mol. The summed E-state index contributed by atoms with van der Waals surface area (Å²) in [6.45, 7) is 0.297. The van der Waals surface area contributed by atoms with E-state index in [0.29, 0.717) is 24.5 Å². The van der Waals surface area contributed by atoms with Crippen LogP contribution in [0.15, 0.2) is 42.9 Å². The Morgan fingerprint density at radius 3 is 2.90 bits per heavy atom. The van der Waals surface area contributed by atoms with E-state index in [1.54, 1.807) is 6.20 Å². The van der Waals surface area contributed by atoms with Crippen LogP contribution in [0.25, 0.3) is 11.2 Å². The maximum atomic E-state index is 11.7. The molecule has 0 aliphatic rings. The summed E-state index contributed by atoms with van der Waals surface area (Å²) >= 11 is 0. The summed E-state index contributed by atoms with van der Waals surface area (Å²) in [5.74, 6) is 0.465. The normalized spacial score (nSPS) is 10.7. The van der Waals surface area contributed by atoms with Crippen LogP contribution in [0.3, 0.4) is 0 Å². The van der Waals surface area contributed by atoms with Gasteiger partial charge in [0.2, 0.25) is 0 Å². The molecule has 0 radical (unpaired) electrons. The fourth-order valence-corrected chi connectivity index (χ4v) is 1.96. The molecule has 0 amide bonds. The number of aromatic amines is 1. The number of aromatic nitrogens is 4. The SMILES string of the molecule is O=C(CCc1nc2ncncc2[nH]1)OCc1ccccc1. The van der Waals surface area contributed by atoms with Crippen molar-refractivity contribution in [3.63, 3.8) is 0 Å². The average molecular weight is 282 g/mol. The quantitative estimate of drug-likeness (QED) is 0.724. The summed E-state index contributed by atoms with van der Waals surface area (Å²) in [5.41, 5.74) is 2.35. The molecule has 3 rings (SSSR count). The van der Waals surface area contributed by atoms with Crippen molar-refractivity contribution in [2.75, 3.05) is 0 Å². The van der Waals surface area contributed by atoms with Gasteiger partial charge in [0.15, 0.2) is 5.65 Å². The van der Waals surface area contributed by atoms with Gasteiger partial charge in [-0.15, -0.1) is 0 Å². The number of nitrogens with zero attached hydrogens (tertiary/aromatic N) is 3. The molecule has 0 fully saturated rings. The topological polar surface area (TPSA) is 80.8 Å². The zero-order chi connectivity index (χ0) is 14.5. The Morgan fingerprint density at radius 2 is 2.10 bits per heavy atom. The molecule has 0 bridgehead atoms. The molecule has 0 aliphatic carbocycles. The van der Waals surface area contributed by atoms with Crippen LogP contribution in [-0.2, 0) is 22.6 Å². The standard InChI is InChI=1S/C15H14N4O2/c20-14(21-9-11-4-2-1-3-5-11)7-6-13-18-12-8-16-10-17-15(12)19-13/h1-5,8,10H,6-7,9H2,(H,16,17,18,19). The molecule has 0 atom stereocenters. The molecule has 1 aromatic carbocycles. The number of carbonyl (C=O) groups excluding carboxylic acids is 1. The summed E-state index contributed by atoms with van der Waals surface area (Å²) in [7, 11) is 0. The molecule has 2 aromatic heterocycles. The van der Waals surface area contributed by atoms with Gasteiger partial charge in [0.1, 0.15) is 24.3 Å². The largest absolute Gasteiger partial charge is 0.461 e. The molecule has 3 aromatic rings.